The fourth-order valence-corrected chi connectivity index (χ4v) is 9.36. The smallest absolute Gasteiger partial charge is 0.263 e. The summed E-state index contributed by atoms with van der Waals surface area (Å²) < 4.78 is 0. The summed E-state index contributed by atoms with van der Waals surface area (Å²) in [5.41, 5.74) is 2.30. The molecule has 2 N–H and O–H groups in total. The second-order valence-electron chi connectivity index (χ2n) is 14.0. The predicted octanol–water partition coefficient (Wildman–Crippen LogP) is 5.50. The number of aliphatic hydroxyl groups is 2. The van der Waals surface area contributed by atoms with Crippen LogP contribution in [0, 0.1) is 5.92 Å². The van der Waals surface area contributed by atoms with Crippen LogP contribution in [0.4, 0.5) is 0 Å². The number of carbonyl (C=O) groups is 2. The number of rotatable bonds is 8. The van der Waals surface area contributed by atoms with Crippen LogP contribution in [-0.4, -0.2) is 104 Å². The molecule has 2 aromatic carbocycles. The van der Waals surface area contributed by atoms with Gasteiger partial charge in [0.2, 0.25) is 5.91 Å². The molecule has 2 amide bonds. The average molecular weight is 715 g/mol. The number of β-amino-alcohol motifs (C(OH)–C–C–N with tert-alkyl or cyclic N) is 1. The van der Waals surface area contributed by atoms with E-state index in [1.807, 2.05) is 72.2 Å². The van der Waals surface area contributed by atoms with Gasteiger partial charge in [0, 0.05) is 54.0 Å². The molecule has 6 rings (SSSR count). The Bertz CT molecular complexity index is 1600. The van der Waals surface area contributed by atoms with Crippen molar-refractivity contribution in [3.8, 4) is 0 Å². The number of benzene rings is 2. The maximum atomic E-state index is 14.7. The minimum Gasteiger partial charge on any atom is -0.394 e. The molecule has 12 heteroatoms. The van der Waals surface area contributed by atoms with Gasteiger partial charge in [-0.1, -0.05) is 61.3 Å². The van der Waals surface area contributed by atoms with Crippen molar-refractivity contribution >= 4 is 51.9 Å². The second-order valence-corrected chi connectivity index (χ2v) is 15.8. The molecule has 2 aromatic rings. The fourth-order valence-electron chi connectivity index (χ4n) is 7.76. The summed E-state index contributed by atoms with van der Waals surface area (Å²) in [6.07, 6.45) is 0.557. The highest BCUT2D eigenvalue weighted by Gasteiger charge is 2.54. The first-order valence-electron chi connectivity index (χ1n) is 16.8. The number of thioether (sulfide) groups is 1. The first-order valence-corrected chi connectivity index (χ1v) is 18.4. The maximum Gasteiger partial charge on any atom is 0.263 e. The lowest BCUT2D eigenvalue weighted by Gasteiger charge is -2.42. The minimum atomic E-state index is -0.811. The van der Waals surface area contributed by atoms with Gasteiger partial charge in [-0.15, -0.1) is 0 Å². The predicted molar refractivity (Wildman–Crippen MR) is 192 cm³/mol. The number of likely N-dealkylation sites (tertiary alicyclic amines) is 1. The monoisotopic (exact) mass is 713 g/mol. The van der Waals surface area contributed by atoms with Crippen LogP contribution >= 0.6 is 35.0 Å². The van der Waals surface area contributed by atoms with Crippen molar-refractivity contribution in [1.29, 1.82) is 0 Å². The quantitative estimate of drug-likeness (QED) is 0.373. The fraction of sp³-hybridized carbons (Fsp3) is 0.528. The van der Waals surface area contributed by atoms with E-state index in [0.717, 1.165) is 28.4 Å². The third-order valence-corrected chi connectivity index (χ3v) is 11.8. The van der Waals surface area contributed by atoms with Crippen LogP contribution in [0.3, 0.4) is 0 Å². The zero-order valence-electron chi connectivity index (χ0n) is 28.1. The van der Waals surface area contributed by atoms with E-state index in [1.54, 1.807) is 0 Å². The Hall–Kier alpha value is -2.60. The van der Waals surface area contributed by atoms with Gasteiger partial charge in [-0.25, -0.2) is 4.99 Å². The first-order chi connectivity index (χ1) is 22.8. The van der Waals surface area contributed by atoms with E-state index in [2.05, 4.69) is 30.6 Å². The molecule has 0 unspecified atom stereocenters. The number of hydrogen-bond acceptors (Lipinski definition) is 8. The summed E-state index contributed by atoms with van der Waals surface area (Å²) in [6.45, 7) is 12.1. The van der Waals surface area contributed by atoms with E-state index in [4.69, 9.17) is 28.2 Å². The number of carbonyl (C=O) groups excluding carboxylic acids is 2. The Morgan fingerprint density at radius 1 is 1.00 bits per heavy atom. The van der Waals surface area contributed by atoms with Crippen LogP contribution in [0.1, 0.15) is 64.6 Å². The average Bonchev–Trinajstić information content (AvgIpc) is 3.71. The molecule has 0 aliphatic carbocycles. The second kappa shape index (κ2) is 14.0. The topological polar surface area (TPSA) is 99.9 Å². The largest absolute Gasteiger partial charge is 0.394 e. The Kier molecular flexibility index (Phi) is 10.2. The molecule has 0 radical (unpaired) electrons. The van der Waals surface area contributed by atoms with Gasteiger partial charge in [0.15, 0.2) is 5.17 Å². The standard InChI is InChI=1S/C36H45Cl2N5O4S/c1-21(2)30-31(34(47)42-22(3)6-15-29(42)33(46)41-17-16-40(23(4)18-41)19-28(45)20-44)48-35-39-36(5,25-9-13-27(38)14-10-25)32(43(30)35)24-7-11-26(37)12-8-24/h7-14,21-23,28-29,32,44-45H,6,15-20H2,1-5H3/t22-,23+,28+,29+,32-,36+/m1/s1. The van der Waals surface area contributed by atoms with E-state index >= 15 is 0 Å². The molecular weight excluding hydrogens is 669 g/mol. The molecule has 2 saturated heterocycles. The van der Waals surface area contributed by atoms with Crippen molar-refractivity contribution in [2.75, 3.05) is 32.8 Å². The summed E-state index contributed by atoms with van der Waals surface area (Å²) in [5.74, 6) is -0.143. The molecule has 4 aliphatic rings. The SMILES string of the molecule is CC(C)C1=C(C(=O)N2[C@H](C)CC[C@H]2C(=O)N2CCN(C[C@H](O)CO)[C@@H](C)C2)SC2=N[C@@](C)(c3ccc(Cl)cc3)[C@@H](c3ccc(Cl)cc3)N21. The van der Waals surface area contributed by atoms with Crippen molar-refractivity contribution in [3.63, 3.8) is 0 Å². The Morgan fingerprint density at radius 2 is 1.65 bits per heavy atom. The van der Waals surface area contributed by atoms with Gasteiger partial charge in [0.25, 0.3) is 5.91 Å². The number of fused-ring (bicyclic) bond motifs is 1. The highest BCUT2D eigenvalue weighted by atomic mass is 35.5. The third kappa shape index (κ3) is 6.40. The normalized spacial score (nSPS) is 28.4. The summed E-state index contributed by atoms with van der Waals surface area (Å²) in [5, 5.41) is 21.3. The number of hydrogen-bond donors (Lipinski definition) is 2. The van der Waals surface area contributed by atoms with Gasteiger partial charge >= 0.3 is 0 Å². The van der Waals surface area contributed by atoms with Gasteiger partial charge < -0.3 is 24.9 Å². The van der Waals surface area contributed by atoms with E-state index in [-0.39, 0.29) is 42.5 Å². The molecule has 0 spiro atoms. The number of piperazine rings is 1. The number of amides is 2. The third-order valence-electron chi connectivity index (χ3n) is 10.3. The van der Waals surface area contributed by atoms with Gasteiger partial charge in [-0.3, -0.25) is 14.5 Å². The number of aliphatic imine (C=N–C) groups is 1. The van der Waals surface area contributed by atoms with Crippen LogP contribution in [0.2, 0.25) is 10.0 Å². The lowest BCUT2D eigenvalue weighted by molar-refractivity contribution is -0.145. The molecule has 0 bridgehead atoms. The molecule has 6 atom stereocenters. The van der Waals surface area contributed by atoms with Gasteiger partial charge in [0.1, 0.15) is 16.5 Å². The molecule has 48 heavy (non-hydrogen) atoms. The van der Waals surface area contributed by atoms with Crippen molar-refractivity contribution < 1.29 is 19.8 Å². The zero-order chi connectivity index (χ0) is 34.5. The Balaban J connectivity index is 1.31. The molecule has 0 aromatic heterocycles. The summed E-state index contributed by atoms with van der Waals surface area (Å²) in [7, 11) is 0. The van der Waals surface area contributed by atoms with Crippen molar-refractivity contribution in [2.45, 2.75) is 83.3 Å². The van der Waals surface area contributed by atoms with Crippen LogP contribution in [0.5, 0.6) is 0 Å². The van der Waals surface area contributed by atoms with Gasteiger partial charge in [0.05, 0.1) is 18.8 Å². The highest BCUT2D eigenvalue weighted by Crippen LogP contribution is 2.56. The van der Waals surface area contributed by atoms with Gasteiger partial charge in [-0.05, 0) is 86.7 Å². The number of halogens is 2. The van der Waals surface area contributed by atoms with Crippen molar-refractivity contribution in [2.24, 2.45) is 10.9 Å². The molecule has 4 aliphatic heterocycles. The summed E-state index contributed by atoms with van der Waals surface area (Å²) >= 11 is 14.0. The molecule has 2 fully saturated rings. The summed E-state index contributed by atoms with van der Waals surface area (Å²) in [6, 6.07) is 14.8. The minimum absolute atomic E-state index is 0.00165. The zero-order valence-corrected chi connectivity index (χ0v) is 30.5. The van der Waals surface area contributed by atoms with E-state index in [1.165, 1.54) is 11.8 Å². The summed E-state index contributed by atoms with van der Waals surface area (Å²) in [4.78, 5) is 42.8. The highest BCUT2D eigenvalue weighted by molar-refractivity contribution is 8.18. The lowest BCUT2D eigenvalue weighted by Crippen LogP contribution is -2.59. The Labute approximate surface area is 297 Å². The molecule has 4 heterocycles. The van der Waals surface area contributed by atoms with Crippen LogP contribution in [0.25, 0.3) is 0 Å². The van der Waals surface area contributed by atoms with Crippen molar-refractivity contribution in [3.05, 3.63) is 80.3 Å². The van der Waals surface area contributed by atoms with Crippen LogP contribution < -0.4 is 0 Å². The van der Waals surface area contributed by atoms with Crippen LogP contribution in [0.15, 0.2) is 64.1 Å². The molecular formula is C36H45Cl2N5O4S. The molecule has 258 valence electrons. The number of aliphatic hydroxyl groups excluding tert-OH is 2. The first kappa shape index (κ1) is 35.2. The van der Waals surface area contributed by atoms with E-state index in [9.17, 15) is 19.8 Å². The number of amidine groups is 1. The van der Waals surface area contributed by atoms with E-state index < -0.39 is 17.7 Å². The number of nitrogens with zero attached hydrogens (tertiary/aromatic N) is 5. The maximum absolute atomic E-state index is 14.7. The number of allylic oxidation sites excluding steroid dienone is 1. The Morgan fingerprint density at radius 3 is 2.25 bits per heavy atom. The molecule has 9 nitrogen and oxygen atoms in total. The molecule has 0 saturated carbocycles. The van der Waals surface area contributed by atoms with Gasteiger partial charge in [-0.2, -0.15) is 0 Å². The van der Waals surface area contributed by atoms with Crippen molar-refractivity contribution in [1.82, 2.24) is 19.6 Å². The van der Waals surface area contributed by atoms with E-state index in [0.29, 0.717) is 47.6 Å². The van der Waals surface area contributed by atoms with Crippen LogP contribution in [-0.2, 0) is 15.1 Å². The lowest BCUT2D eigenvalue weighted by atomic mass is 9.81.